The van der Waals surface area contributed by atoms with Gasteiger partial charge in [0, 0.05) is 0 Å². The van der Waals surface area contributed by atoms with Crippen LogP contribution in [0.15, 0.2) is 24.3 Å². The lowest BCUT2D eigenvalue weighted by molar-refractivity contribution is -0.133. The molecule has 0 spiro atoms. The van der Waals surface area contributed by atoms with Gasteiger partial charge in [-0.05, 0) is 6.08 Å². The van der Waals surface area contributed by atoms with Gasteiger partial charge in [0.05, 0.1) is 5.57 Å². The van der Waals surface area contributed by atoms with Gasteiger partial charge >= 0.3 is 11.9 Å². The molecule has 0 amide bonds. The maximum atomic E-state index is 10.3. The summed E-state index contributed by atoms with van der Waals surface area (Å²) in [6, 6.07) is 0. The molecule has 0 saturated carbocycles. The van der Waals surface area contributed by atoms with Gasteiger partial charge in [-0.3, -0.25) is 5.41 Å². The van der Waals surface area contributed by atoms with Crippen molar-refractivity contribution in [2.45, 2.75) is 0 Å². The maximum Gasteiger partial charge on any atom is 0.354 e. The third kappa shape index (κ3) is 2.37. The van der Waals surface area contributed by atoms with Crippen LogP contribution < -0.4 is 0 Å². The number of rotatable bonds is 4. The summed E-state index contributed by atoms with van der Waals surface area (Å²) in [5, 5.41) is 23.5. The Balaban J connectivity index is 4.89. The Kier molecular flexibility index (Phi) is 3.42. The number of carboxylic acid groups (broad SMARTS) is 2. The van der Waals surface area contributed by atoms with E-state index in [4.69, 9.17) is 15.6 Å². The molecule has 3 N–H and O–H groups in total. The lowest BCUT2D eigenvalue weighted by Gasteiger charge is -1.96. The Morgan fingerprint density at radius 2 is 1.75 bits per heavy atom. The van der Waals surface area contributed by atoms with E-state index in [0.29, 0.717) is 0 Å². The minimum Gasteiger partial charge on any atom is -0.478 e. The fourth-order valence-electron chi connectivity index (χ4n) is 0.495. The highest BCUT2D eigenvalue weighted by atomic mass is 16.4. The van der Waals surface area contributed by atoms with Gasteiger partial charge in [-0.1, -0.05) is 12.7 Å². The summed E-state index contributed by atoms with van der Waals surface area (Å²) in [5.41, 5.74) is -1.54. The number of hydrogen-bond acceptors (Lipinski definition) is 3. The first kappa shape index (κ1) is 10.1. The highest BCUT2D eigenvalue weighted by Gasteiger charge is 2.18. The second-order valence-electron chi connectivity index (χ2n) is 1.80. The highest BCUT2D eigenvalue weighted by Crippen LogP contribution is 1.97. The molecule has 0 fully saturated rings. The Hall–Kier alpha value is -1.91. The molecular formula is C7H7NO4. The van der Waals surface area contributed by atoms with Crippen LogP contribution in [0.1, 0.15) is 0 Å². The third-order valence-corrected chi connectivity index (χ3v) is 0.998. The smallest absolute Gasteiger partial charge is 0.354 e. The zero-order valence-electron chi connectivity index (χ0n) is 6.07. The summed E-state index contributed by atoms with van der Waals surface area (Å²) in [6.45, 7) is 3.20. The average Bonchev–Trinajstić information content (AvgIpc) is 1.98. The number of carboxylic acids is 2. The SMILES string of the molecule is C=C/C=C(\C(=N)C(=O)O)C(=O)O. The molecule has 0 unspecified atom stereocenters. The van der Waals surface area contributed by atoms with Crippen LogP contribution in [0.4, 0.5) is 0 Å². The van der Waals surface area contributed by atoms with Gasteiger partial charge in [0.2, 0.25) is 0 Å². The zero-order chi connectivity index (χ0) is 9.72. The van der Waals surface area contributed by atoms with Crippen molar-refractivity contribution in [3.8, 4) is 0 Å². The standard InChI is InChI=1S/C7H7NO4/c1-2-3-4(6(9)10)5(8)7(11)12/h2-3,8H,1H2,(H,9,10)(H,11,12)/b4-3+,8-5?. The van der Waals surface area contributed by atoms with Crippen molar-refractivity contribution in [2.24, 2.45) is 0 Å². The summed E-state index contributed by atoms with van der Waals surface area (Å²) in [4.78, 5) is 20.5. The number of hydrogen-bond donors (Lipinski definition) is 3. The quantitative estimate of drug-likeness (QED) is 0.320. The van der Waals surface area contributed by atoms with Crippen LogP contribution in [0.5, 0.6) is 0 Å². The van der Waals surface area contributed by atoms with E-state index in [0.717, 1.165) is 12.2 Å². The summed E-state index contributed by atoms with van der Waals surface area (Å²) in [7, 11) is 0. The van der Waals surface area contributed by atoms with Gasteiger partial charge in [0.1, 0.15) is 0 Å². The van der Waals surface area contributed by atoms with Crippen LogP contribution in [-0.4, -0.2) is 27.9 Å². The van der Waals surface area contributed by atoms with E-state index in [1.54, 1.807) is 0 Å². The number of nitrogens with one attached hydrogen (secondary N) is 1. The molecular weight excluding hydrogens is 162 g/mol. The van der Waals surface area contributed by atoms with Crippen molar-refractivity contribution in [3.05, 3.63) is 24.3 Å². The van der Waals surface area contributed by atoms with E-state index < -0.39 is 23.2 Å². The molecule has 0 atom stereocenters. The van der Waals surface area contributed by atoms with E-state index in [1.807, 2.05) is 0 Å². The monoisotopic (exact) mass is 169 g/mol. The summed E-state index contributed by atoms with van der Waals surface area (Å²) < 4.78 is 0. The largest absolute Gasteiger partial charge is 0.478 e. The second-order valence-corrected chi connectivity index (χ2v) is 1.80. The minimum absolute atomic E-state index is 0.586. The normalized spacial score (nSPS) is 10.5. The van der Waals surface area contributed by atoms with Crippen LogP contribution in [0, 0.1) is 5.41 Å². The molecule has 0 bridgehead atoms. The second kappa shape index (κ2) is 4.07. The first-order valence-electron chi connectivity index (χ1n) is 2.89. The molecule has 0 aliphatic carbocycles. The fraction of sp³-hybridized carbons (Fsp3) is 0. The molecule has 0 rings (SSSR count). The van der Waals surface area contributed by atoms with Crippen LogP contribution in [0.3, 0.4) is 0 Å². The summed E-state index contributed by atoms with van der Waals surface area (Å²) in [6.07, 6.45) is 2.07. The van der Waals surface area contributed by atoms with Crippen molar-refractivity contribution >= 4 is 17.7 Å². The molecule has 0 radical (unpaired) electrons. The molecule has 5 nitrogen and oxygen atoms in total. The van der Waals surface area contributed by atoms with Crippen LogP contribution >= 0.6 is 0 Å². The molecule has 12 heavy (non-hydrogen) atoms. The predicted molar refractivity (Wildman–Crippen MR) is 41.3 cm³/mol. The van der Waals surface area contributed by atoms with E-state index in [9.17, 15) is 9.59 Å². The molecule has 0 aromatic heterocycles. The topological polar surface area (TPSA) is 98.5 Å². The lowest BCUT2D eigenvalue weighted by Crippen LogP contribution is -2.19. The van der Waals surface area contributed by atoms with E-state index >= 15 is 0 Å². The van der Waals surface area contributed by atoms with Gasteiger partial charge in [-0.15, -0.1) is 0 Å². The Bertz CT molecular complexity index is 277. The van der Waals surface area contributed by atoms with Crippen molar-refractivity contribution < 1.29 is 19.8 Å². The van der Waals surface area contributed by atoms with Crippen LogP contribution in [0.25, 0.3) is 0 Å². The molecule has 5 heteroatoms. The van der Waals surface area contributed by atoms with E-state index in [2.05, 4.69) is 6.58 Å². The highest BCUT2D eigenvalue weighted by molar-refractivity contribution is 6.47. The number of aliphatic carboxylic acids is 2. The van der Waals surface area contributed by atoms with Gasteiger partial charge in [-0.25, -0.2) is 9.59 Å². The van der Waals surface area contributed by atoms with Crippen molar-refractivity contribution in [3.63, 3.8) is 0 Å². The number of carbonyl (C=O) groups is 2. The van der Waals surface area contributed by atoms with Crippen LogP contribution in [-0.2, 0) is 9.59 Å². The first-order valence-corrected chi connectivity index (χ1v) is 2.89. The average molecular weight is 169 g/mol. The zero-order valence-corrected chi connectivity index (χ0v) is 6.07. The maximum absolute atomic E-state index is 10.3. The molecule has 0 saturated heterocycles. The van der Waals surface area contributed by atoms with E-state index in [1.165, 1.54) is 0 Å². The Morgan fingerprint density at radius 1 is 1.25 bits per heavy atom. The van der Waals surface area contributed by atoms with Gasteiger partial charge in [0.25, 0.3) is 0 Å². The van der Waals surface area contributed by atoms with Gasteiger partial charge in [0.15, 0.2) is 5.71 Å². The molecule has 0 aliphatic heterocycles. The molecule has 0 aromatic carbocycles. The Labute approximate surface area is 68.1 Å². The summed E-state index contributed by atoms with van der Waals surface area (Å²) >= 11 is 0. The minimum atomic E-state index is -1.58. The van der Waals surface area contributed by atoms with Crippen molar-refractivity contribution in [1.82, 2.24) is 0 Å². The van der Waals surface area contributed by atoms with Crippen molar-refractivity contribution in [1.29, 1.82) is 5.41 Å². The molecule has 0 aliphatic rings. The van der Waals surface area contributed by atoms with Crippen molar-refractivity contribution in [2.75, 3.05) is 0 Å². The molecule has 0 aromatic rings. The fourth-order valence-corrected chi connectivity index (χ4v) is 0.495. The first-order chi connectivity index (χ1) is 5.50. The van der Waals surface area contributed by atoms with E-state index in [-0.39, 0.29) is 0 Å². The van der Waals surface area contributed by atoms with Crippen LogP contribution in [0.2, 0.25) is 0 Å². The summed E-state index contributed by atoms with van der Waals surface area (Å²) in [5.74, 6) is -3.03. The molecule has 64 valence electrons. The lowest BCUT2D eigenvalue weighted by atomic mass is 10.1. The third-order valence-electron chi connectivity index (χ3n) is 0.998. The molecule has 0 heterocycles. The van der Waals surface area contributed by atoms with Gasteiger partial charge in [-0.2, -0.15) is 0 Å². The Morgan fingerprint density at radius 3 is 2.00 bits per heavy atom. The predicted octanol–water partition coefficient (Wildman–Crippen LogP) is 0.288. The van der Waals surface area contributed by atoms with Gasteiger partial charge < -0.3 is 10.2 Å². The number of allylic oxidation sites excluding steroid dienone is 2.